The van der Waals surface area contributed by atoms with Gasteiger partial charge in [-0.25, -0.2) is 0 Å². The fourth-order valence-electron chi connectivity index (χ4n) is 2.17. The predicted octanol–water partition coefficient (Wildman–Crippen LogP) is 3.20. The lowest BCUT2D eigenvalue weighted by Gasteiger charge is -2.16. The van der Waals surface area contributed by atoms with Crippen LogP contribution in [0.1, 0.15) is 0 Å². The van der Waals surface area contributed by atoms with Gasteiger partial charge in [-0.1, -0.05) is 11.6 Å². The van der Waals surface area contributed by atoms with Crippen LogP contribution in [0.5, 0.6) is 0 Å². The molecule has 0 aromatic heterocycles. The molecule has 0 saturated heterocycles. The average molecular weight is 265 g/mol. The van der Waals surface area contributed by atoms with Gasteiger partial charge < -0.3 is 21.7 Å². The maximum atomic E-state index is 6.36. The van der Waals surface area contributed by atoms with Crippen LogP contribution in [-0.4, -0.2) is 21.1 Å². The van der Waals surface area contributed by atoms with E-state index in [4.69, 9.17) is 17.3 Å². The number of anilines is 4. The van der Waals surface area contributed by atoms with Crippen LogP contribution in [-0.2, 0) is 0 Å². The Balaban J connectivity index is 2.90. The quantitative estimate of drug-likeness (QED) is 0.643. The second kappa shape index (κ2) is 4.82. The van der Waals surface area contributed by atoms with Crippen LogP contribution in [0.2, 0.25) is 5.02 Å². The van der Waals surface area contributed by atoms with Gasteiger partial charge in [-0.3, -0.25) is 0 Å². The summed E-state index contributed by atoms with van der Waals surface area (Å²) in [6.45, 7) is 0. The van der Waals surface area contributed by atoms with Crippen molar-refractivity contribution in [1.82, 2.24) is 0 Å². The van der Waals surface area contributed by atoms with Gasteiger partial charge in [-0.05, 0) is 18.2 Å². The van der Waals surface area contributed by atoms with E-state index in [9.17, 15) is 0 Å². The molecule has 0 bridgehead atoms. The highest BCUT2D eigenvalue weighted by Gasteiger charge is 2.13. The third-order valence-electron chi connectivity index (χ3n) is 3.08. The van der Waals surface area contributed by atoms with E-state index in [2.05, 4.69) is 16.0 Å². The number of benzene rings is 2. The molecule has 0 aliphatic rings. The highest BCUT2D eigenvalue weighted by Crippen LogP contribution is 2.41. The number of rotatable bonds is 3. The molecule has 0 unspecified atom stereocenters. The molecule has 2 aromatic rings. The summed E-state index contributed by atoms with van der Waals surface area (Å²) in [7, 11) is 5.57. The molecule has 2 aromatic carbocycles. The van der Waals surface area contributed by atoms with Gasteiger partial charge in [0, 0.05) is 31.9 Å². The van der Waals surface area contributed by atoms with Crippen LogP contribution in [0.3, 0.4) is 0 Å². The first kappa shape index (κ1) is 12.6. The van der Waals surface area contributed by atoms with Crippen LogP contribution in [0.15, 0.2) is 18.2 Å². The van der Waals surface area contributed by atoms with Crippen molar-refractivity contribution >= 4 is 45.1 Å². The molecule has 96 valence electrons. The first-order valence-corrected chi connectivity index (χ1v) is 6.09. The molecule has 5 N–H and O–H groups in total. The van der Waals surface area contributed by atoms with Crippen molar-refractivity contribution in [3.05, 3.63) is 23.2 Å². The number of hydrogen-bond acceptors (Lipinski definition) is 4. The fourth-order valence-corrected chi connectivity index (χ4v) is 2.48. The van der Waals surface area contributed by atoms with Gasteiger partial charge >= 0.3 is 0 Å². The first-order chi connectivity index (χ1) is 8.63. The van der Waals surface area contributed by atoms with Crippen molar-refractivity contribution in [3.8, 4) is 0 Å². The van der Waals surface area contributed by atoms with Crippen molar-refractivity contribution in [1.29, 1.82) is 0 Å². The number of hydrogen-bond donors (Lipinski definition) is 4. The Labute approximate surface area is 112 Å². The van der Waals surface area contributed by atoms with Crippen LogP contribution in [0.25, 0.3) is 10.8 Å². The van der Waals surface area contributed by atoms with Crippen LogP contribution >= 0.6 is 11.6 Å². The SMILES string of the molecule is CNc1cc(Cl)c2c(NC)c(NC)ccc2c1N. The molecule has 5 heteroatoms. The molecule has 0 radical (unpaired) electrons. The normalized spacial score (nSPS) is 10.4. The van der Waals surface area contributed by atoms with Crippen LogP contribution < -0.4 is 21.7 Å². The molecule has 0 saturated carbocycles. The molecule has 0 heterocycles. The third-order valence-corrected chi connectivity index (χ3v) is 3.38. The van der Waals surface area contributed by atoms with Crippen LogP contribution in [0.4, 0.5) is 22.7 Å². The maximum absolute atomic E-state index is 6.36. The molecular formula is C13H17ClN4. The van der Waals surface area contributed by atoms with Gasteiger partial charge in [-0.15, -0.1) is 0 Å². The van der Waals surface area contributed by atoms with Crippen molar-refractivity contribution in [2.45, 2.75) is 0 Å². The number of halogens is 1. The Hall–Kier alpha value is -1.81. The highest BCUT2D eigenvalue weighted by atomic mass is 35.5. The molecule has 0 fully saturated rings. The largest absolute Gasteiger partial charge is 0.397 e. The highest BCUT2D eigenvalue weighted by molar-refractivity contribution is 6.38. The van der Waals surface area contributed by atoms with Gasteiger partial charge in [0.05, 0.1) is 27.8 Å². The number of nitrogens with one attached hydrogen (secondary N) is 3. The van der Waals surface area contributed by atoms with E-state index >= 15 is 0 Å². The van der Waals surface area contributed by atoms with E-state index in [1.54, 1.807) is 0 Å². The monoisotopic (exact) mass is 264 g/mol. The van der Waals surface area contributed by atoms with Gasteiger partial charge in [0.2, 0.25) is 0 Å². The van der Waals surface area contributed by atoms with Crippen molar-refractivity contribution in [2.24, 2.45) is 0 Å². The fraction of sp³-hybridized carbons (Fsp3) is 0.231. The molecule has 0 spiro atoms. The number of fused-ring (bicyclic) bond motifs is 1. The standard InChI is InChI=1S/C13H17ClN4/c1-16-9-5-4-7-11(13(9)18-3)8(14)6-10(17-2)12(7)15/h4-6,16-18H,15H2,1-3H3. The minimum Gasteiger partial charge on any atom is -0.397 e. The summed E-state index contributed by atoms with van der Waals surface area (Å²) >= 11 is 6.36. The summed E-state index contributed by atoms with van der Waals surface area (Å²) in [5, 5.41) is 11.9. The minimum absolute atomic E-state index is 0.671. The molecular weight excluding hydrogens is 248 g/mol. The van der Waals surface area contributed by atoms with Gasteiger partial charge in [-0.2, -0.15) is 0 Å². The molecule has 0 atom stereocenters. The third kappa shape index (κ3) is 1.78. The van der Waals surface area contributed by atoms with Gasteiger partial charge in [0.15, 0.2) is 0 Å². The predicted molar refractivity (Wildman–Crippen MR) is 82.0 cm³/mol. The van der Waals surface area contributed by atoms with E-state index in [0.717, 1.165) is 27.8 Å². The molecule has 0 amide bonds. The van der Waals surface area contributed by atoms with Crippen molar-refractivity contribution < 1.29 is 0 Å². The first-order valence-electron chi connectivity index (χ1n) is 5.72. The number of nitrogens with two attached hydrogens (primary N) is 1. The summed E-state index contributed by atoms with van der Waals surface area (Å²) in [5.74, 6) is 0. The van der Waals surface area contributed by atoms with E-state index < -0.39 is 0 Å². The Bertz CT molecular complexity index is 595. The molecule has 18 heavy (non-hydrogen) atoms. The Kier molecular flexibility index (Phi) is 3.39. The number of nitrogen functional groups attached to an aromatic ring is 1. The zero-order valence-corrected chi connectivity index (χ0v) is 11.4. The Morgan fingerprint density at radius 3 is 2.22 bits per heavy atom. The summed E-state index contributed by atoms with van der Waals surface area (Å²) in [5.41, 5.74) is 9.63. The van der Waals surface area contributed by atoms with E-state index in [1.165, 1.54) is 0 Å². The Morgan fingerprint density at radius 2 is 1.67 bits per heavy atom. The smallest absolute Gasteiger partial charge is 0.0668 e. The van der Waals surface area contributed by atoms with E-state index in [0.29, 0.717) is 10.7 Å². The second-order valence-electron chi connectivity index (χ2n) is 3.98. The summed E-state index contributed by atoms with van der Waals surface area (Å²) < 4.78 is 0. The zero-order chi connectivity index (χ0) is 13.3. The van der Waals surface area contributed by atoms with Crippen LogP contribution in [0, 0.1) is 0 Å². The summed E-state index contributed by atoms with van der Waals surface area (Å²) in [6, 6.07) is 5.81. The molecule has 0 aliphatic heterocycles. The lowest BCUT2D eigenvalue weighted by atomic mass is 10.0. The zero-order valence-electron chi connectivity index (χ0n) is 10.7. The Morgan fingerprint density at radius 1 is 1.00 bits per heavy atom. The van der Waals surface area contributed by atoms with E-state index in [-0.39, 0.29) is 0 Å². The molecule has 4 nitrogen and oxygen atoms in total. The van der Waals surface area contributed by atoms with E-state index in [1.807, 2.05) is 39.3 Å². The maximum Gasteiger partial charge on any atom is 0.0668 e. The second-order valence-corrected chi connectivity index (χ2v) is 4.39. The summed E-state index contributed by atoms with van der Waals surface area (Å²) in [4.78, 5) is 0. The average Bonchev–Trinajstić information content (AvgIpc) is 2.40. The van der Waals surface area contributed by atoms with Crippen molar-refractivity contribution in [3.63, 3.8) is 0 Å². The minimum atomic E-state index is 0.671. The van der Waals surface area contributed by atoms with Crippen molar-refractivity contribution in [2.75, 3.05) is 42.8 Å². The lowest BCUT2D eigenvalue weighted by Crippen LogP contribution is -2.01. The summed E-state index contributed by atoms with van der Waals surface area (Å²) in [6.07, 6.45) is 0. The molecule has 2 rings (SSSR count). The molecule has 0 aliphatic carbocycles. The van der Waals surface area contributed by atoms with Gasteiger partial charge in [0.25, 0.3) is 0 Å². The van der Waals surface area contributed by atoms with Gasteiger partial charge in [0.1, 0.15) is 0 Å². The topological polar surface area (TPSA) is 62.1 Å². The lowest BCUT2D eigenvalue weighted by molar-refractivity contribution is 1.47.